The molecule has 0 unspecified atom stereocenters. The minimum absolute atomic E-state index is 0.110. The van der Waals surface area contributed by atoms with Crippen molar-refractivity contribution < 1.29 is 4.57 Å². The second kappa shape index (κ2) is 6.48. The zero-order valence-corrected chi connectivity index (χ0v) is 18.5. The van der Waals surface area contributed by atoms with Crippen LogP contribution in [0.1, 0.15) is 63.8 Å². The van der Waals surface area contributed by atoms with Gasteiger partial charge in [0.15, 0.2) is 6.20 Å². The molecule has 1 aromatic heterocycles. The predicted molar refractivity (Wildman–Crippen MR) is 117 cm³/mol. The number of pyridine rings is 1. The van der Waals surface area contributed by atoms with Gasteiger partial charge in [-0.1, -0.05) is 65.3 Å². The van der Waals surface area contributed by atoms with Crippen LogP contribution in [-0.2, 0) is 17.9 Å². The first-order valence-electron chi connectivity index (χ1n) is 9.94. The fraction of sp³-hybridized carbons (Fsp3) is 0.423. The highest BCUT2D eigenvalue weighted by Crippen LogP contribution is 2.38. The summed E-state index contributed by atoms with van der Waals surface area (Å²) >= 11 is 0. The molecule has 0 saturated carbocycles. The summed E-state index contributed by atoms with van der Waals surface area (Å²) in [4.78, 5) is 0. The molecule has 0 aliphatic carbocycles. The van der Waals surface area contributed by atoms with E-state index >= 15 is 0 Å². The molecule has 0 atom stereocenters. The van der Waals surface area contributed by atoms with Gasteiger partial charge in [-0.15, -0.1) is 0 Å². The summed E-state index contributed by atoms with van der Waals surface area (Å²) < 4.78 is 2.28. The molecule has 0 radical (unpaired) electrons. The molecule has 3 rings (SSSR count). The standard InChI is InChI=1S/C26H34N/c1-17-10-11-19-12-13-27(9)24(22(19)14-17)21-15-20(25(3,4)5)16-23(18(21)2)26(6,7)8/h10-16H,1-9H3/q+1. The summed E-state index contributed by atoms with van der Waals surface area (Å²) in [5.74, 6) is 0. The first kappa shape index (κ1) is 19.6. The maximum absolute atomic E-state index is 2.43. The van der Waals surface area contributed by atoms with E-state index in [9.17, 15) is 0 Å². The Balaban J connectivity index is 2.47. The van der Waals surface area contributed by atoms with Crippen LogP contribution in [0.15, 0.2) is 42.6 Å². The lowest BCUT2D eigenvalue weighted by Gasteiger charge is -2.28. The Labute approximate surface area is 165 Å². The lowest BCUT2D eigenvalue weighted by molar-refractivity contribution is -0.659. The minimum Gasteiger partial charge on any atom is -0.200 e. The van der Waals surface area contributed by atoms with Crippen molar-refractivity contribution in [3.05, 3.63) is 64.8 Å². The molecule has 1 heterocycles. The first-order valence-corrected chi connectivity index (χ1v) is 9.94. The molecule has 0 fully saturated rings. The third kappa shape index (κ3) is 3.65. The number of rotatable bonds is 1. The Bertz CT molecular complexity index is 1010. The van der Waals surface area contributed by atoms with E-state index in [4.69, 9.17) is 0 Å². The molecule has 0 aliphatic heterocycles. The molecule has 0 aliphatic rings. The SMILES string of the molecule is Cc1ccc2cc[n+](C)c(-c3cc(C(C)(C)C)cc(C(C)(C)C)c3C)c2c1. The second-order valence-corrected chi connectivity index (χ2v) is 10.1. The van der Waals surface area contributed by atoms with Gasteiger partial charge in [0.1, 0.15) is 7.05 Å². The van der Waals surface area contributed by atoms with Gasteiger partial charge in [0.25, 0.3) is 0 Å². The lowest BCUT2D eigenvalue weighted by atomic mass is 9.76. The summed E-state index contributed by atoms with van der Waals surface area (Å²) in [5, 5.41) is 2.63. The normalized spacial score (nSPS) is 12.6. The Morgan fingerprint density at radius 3 is 2.04 bits per heavy atom. The predicted octanol–water partition coefficient (Wildman–Crippen LogP) is 6.54. The molecule has 0 bridgehead atoms. The van der Waals surface area contributed by atoms with Crippen molar-refractivity contribution in [2.24, 2.45) is 7.05 Å². The smallest absolute Gasteiger partial charge is 0.200 e. The van der Waals surface area contributed by atoms with E-state index < -0.39 is 0 Å². The van der Waals surface area contributed by atoms with E-state index in [1.165, 1.54) is 44.3 Å². The van der Waals surface area contributed by atoms with Gasteiger partial charge in [-0.3, -0.25) is 0 Å². The van der Waals surface area contributed by atoms with Crippen LogP contribution in [0.25, 0.3) is 22.0 Å². The highest BCUT2D eigenvalue weighted by atomic mass is 14.9. The fourth-order valence-electron chi connectivity index (χ4n) is 3.98. The number of aryl methyl sites for hydroxylation is 2. The summed E-state index contributed by atoms with van der Waals surface area (Å²) in [6, 6.07) is 13.8. The third-order valence-electron chi connectivity index (χ3n) is 5.63. The molecular formula is C26H34N+. The minimum atomic E-state index is 0.110. The molecule has 1 heteroatoms. The van der Waals surface area contributed by atoms with E-state index in [0.29, 0.717) is 0 Å². The maximum Gasteiger partial charge on any atom is 0.220 e. The van der Waals surface area contributed by atoms with Crippen LogP contribution in [-0.4, -0.2) is 0 Å². The van der Waals surface area contributed by atoms with Crippen molar-refractivity contribution >= 4 is 10.8 Å². The van der Waals surface area contributed by atoms with Gasteiger partial charge in [0.2, 0.25) is 5.69 Å². The average Bonchev–Trinajstić information content (AvgIpc) is 2.53. The molecule has 0 saturated heterocycles. The molecule has 142 valence electrons. The quantitative estimate of drug-likeness (QED) is 0.434. The lowest BCUT2D eigenvalue weighted by Crippen LogP contribution is -2.31. The van der Waals surface area contributed by atoms with E-state index in [2.05, 4.69) is 110 Å². The van der Waals surface area contributed by atoms with Crippen LogP contribution in [0.4, 0.5) is 0 Å². The van der Waals surface area contributed by atoms with Crippen molar-refractivity contribution in [2.75, 3.05) is 0 Å². The van der Waals surface area contributed by atoms with Gasteiger partial charge in [-0.2, -0.15) is 0 Å². The summed E-state index contributed by atoms with van der Waals surface area (Å²) in [6.45, 7) is 18.3. The van der Waals surface area contributed by atoms with Crippen LogP contribution in [0.5, 0.6) is 0 Å². The second-order valence-electron chi connectivity index (χ2n) is 10.1. The Hall–Kier alpha value is -2.15. The Morgan fingerprint density at radius 2 is 1.44 bits per heavy atom. The van der Waals surface area contributed by atoms with Crippen molar-refractivity contribution in [3.63, 3.8) is 0 Å². The number of nitrogens with zero attached hydrogens (tertiary/aromatic N) is 1. The molecule has 0 N–H and O–H groups in total. The Morgan fingerprint density at radius 1 is 0.778 bits per heavy atom. The van der Waals surface area contributed by atoms with Crippen LogP contribution >= 0.6 is 0 Å². The number of benzene rings is 2. The third-order valence-corrected chi connectivity index (χ3v) is 5.63. The van der Waals surface area contributed by atoms with Gasteiger partial charge in [0, 0.05) is 6.07 Å². The van der Waals surface area contributed by atoms with E-state index in [1.807, 2.05) is 0 Å². The largest absolute Gasteiger partial charge is 0.220 e. The molecule has 27 heavy (non-hydrogen) atoms. The molecular weight excluding hydrogens is 326 g/mol. The number of hydrogen-bond acceptors (Lipinski definition) is 0. The van der Waals surface area contributed by atoms with Gasteiger partial charge in [-0.05, 0) is 58.9 Å². The average molecular weight is 361 g/mol. The number of fused-ring (bicyclic) bond motifs is 1. The molecule has 0 spiro atoms. The fourth-order valence-corrected chi connectivity index (χ4v) is 3.98. The van der Waals surface area contributed by atoms with Crippen LogP contribution in [0, 0.1) is 13.8 Å². The zero-order chi connectivity index (χ0) is 20.1. The molecule has 3 aromatic rings. The topological polar surface area (TPSA) is 3.88 Å². The number of hydrogen-bond donors (Lipinski definition) is 0. The van der Waals surface area contributed by atoms with Crippen LogP contribution < -0.4 is 4.57 Å². The first-order chi connectivity index (χ1) is 12.4. The highest BCUT2D eigenvalue weighted by molar-refractivity contribution is 5.94. The van der Waals surface area contributed by atoms with Crippen molar-refractivity contribution in [1.29, 1.82) is 0 Å². The molecule has 1 nitrogen and oxygen atoms in total. The van der Waals surface area contributed by atoms with Crippen LogP contribution in [0.2, 0.25) is 0 Å². The van der Waals surface area contributed by atoms with Gasteiger partial charge >= 0.3 is 0 Å². The molecule has 0 amide bonds. The van der Waals surface area contributed by atoms with Crippen molar-refractivity contribution in [1.82, 2.24) is 0 Å². The monoisotopic (exact) mass is 360 g/mol. The van der Waals surface area contributed by atoms with Gasteiger partial charge in [-0.25, -0.2) is 4.57 Å². The number of aromatic nitrogens is 1. The maximum atomic E-state index is 2.43. The Kier molecular flexibility index (Phi) is 4.70. The van der Waals surface area contributed by atoms with E-state index in [1.54, 1.807) is 0 Å². The van der Waals surface area contributed by atoms with Crippen molar-refractivity contribution in [2.45, 2.75) is 66.2 Å². The zero-order valence-electron chi connectivity index (χ0n) is 18.5. The summed E-state index contributed by atoms with van der Waals surface area (Å²) in [7, 11) is 2.16. The van der Waals surface area contributed by atoms with E-state index in [-0.39, 0.29) is 10.8 Å². The summed E-state index contributed by atoms with van der Waals surface area (Å²) in [6.07, 6.45) is 2.19. The van der Waals surface area contributed by atoms with Crippen molar-refractivity contribution in [3.8, 4) is 11.3 Å². The molecule has 2 aromatic carbocycles. The van der Waals surface area contributed by atoms with Gasteiger partial charge in [0.05, 0.1) is 10.9 Å². The van der Waals surface area contributed by atoms with Gasteiger partial charge < -0.3 is 0 Å². The van der Waals surface area contributed by atoms with Crippen LogP contribution in [0.3, 0.4) is 0 Å². The van der Waals surface area contributed by atoms with E-state index in [0.717, 1.165) is 0 Å². The summed E-state index contributed by atoms with van der Waals surface area (Å²) in [5.41, 5.74) is 8.42. The highest BCUT2D eigenvalue weighted by Gasteiger charge is 2.27.